The standard InChI is InChI=1S/C20H19NO5/c22-19-17(24-12-14-7-3-1-4-8-14)11-18(26-19)21-16(13-25-20(21)23)15-9-5-2-6-10-15/h1-10,16-18H,11-13H2/t16-,17-,18-/m0/s1. The fraction of sp³-hybridized carbons (Fsp3) is 0.300. The zero-order valence-electron chi connectivity index (χ0n) is 14.1. The topological polar surface area (TPSA) is 65.1 Å². The molecular weight excluding hydrogens is 334 g/mol. The van der Waals surface area contributed by atoms with Crippen molar-refractivity contribution < 1.29 is 23.8 Å². The SMILES string of the molecule is O=C1O[C@H](N2C(=O)OC[C@H]2c2ccccc2)C[C@@H]1OCc1ccccc1. The molecule has 6 heteroatoms. The maximum atomic E-state index is 12.2. The summed E-state index contributed by atoms with van der Waals surface area (Å²) in [7, 11) is 0. The highest BCUT2D eigenvalue weighted by Crippen LogP contribution is 2.34. The highest BCUT2D eigenvalue weighted by atomic mass is 16.6. The Morgan fingerprint density at radius 2 is 1.69 bits per heavy atom. The summed E-state index contributed by atoms with van der Waals surface area (Å²) < 4.78 is 16.3. The monoisotopic (exact) mass is 353 g/mol. The molecule has 2 heterocycles. The van der Waals surface area contributed by atoms with Gasteiger partial charge in [0, 0.05) is 6.42 Å². The van der Waals surface area contributed by atoms with E-state index in [0.29, 0.717) is 13.0 Å². The van der Waals surface area contributed by atoms with Crippen molar-refractivity contribution in [3.63, 3.8) is 0 Å². The zero-order chi connectivity index (χ0) is 17.9. The number of benzene rings is 2. The fourth-order valence-corrected chi connectivity index (χ4v) is 3.30. The van der Waals surface area contributed by atoms with Gasteiger partial charge < -0.3 is 14.2 Å². The van der Waals surface area contributed by atoms with Crippen molar-refractivity contribution in [1.82, 2.24) is 4.90 Å². The van der Waals surface area contributed by atoms with Gasteiger partial charge in [-0.1, -0.05) is 60.7 Å². The number of ether oxygens (including phenoxy) is 3. The molecule has 6 nitrogen and oxygen atoms in total. The van der Waals surface area contributed by atoms with Crippen LogP contribution in [0, 0.1) is 0 Å². The number of nitrogens with zero attached hydrogens (tertiary/aromatic N) is 1. The van der Waals surface area contributed by atoms with Crippen molar-refractivity contribution in [3.05, 3.63) is 71.8 Å². The van der Waals surface area contributed by atoms with Crippen LogP contribution in [0.5, 0.6) is 0 Å². The molecule has 0 radical (unpaired) electrons. The number of hydrogen-bond donors (Lipinski definition) is 0. The lowest BCUT2D eigenvalue weighted by Gasteiger charge is -2.26. The normalized spacial score (nSPS) is 25.2. The Labute approximate surface area is 151 Å². The molecule has 134 valence electrons. The Balaban J connectivity index is 1.44. The van der Waals surface area contributed by atoms with Crippen LogP contribution < -0.4 is 0 Å². The van der Waals surface area contributed by atoms with E-state index in [1.54, 1.807) is 0 Å². The second kappa shape index (κ2) is 7.17. The number of hydrogen-bond acceptors (Lipinski definition) is 5. The van der Waals surface area contributed by atoms with Gasteiger partial charge in [0.25, 0.3) is 0 Å². The van der Waals surface area contributed by atoms with Gasteiger partial charge in [-0.2, -0.15) is 0 Å². The van der Waals surface area contributed by atoms with Crippen LogP contribution in [-0.4, -0.2) is 35.9 Å². The lowest BCUT2D eigenvalue weighted by molar-refractivity contribution is -0.154. The first-order valence-electron chi connectivity index (χ1n) is 8.58. The van der Waals surface area contributed by atoms with Crippen LogP contribution in [0.4, 0.5) is 4.79 Å². The first-order chi connectivity index (χ1) is 12.7. The Kier molecular flexibility index (Phi) is 4.58. The molecule has 0 N–H and O–H groups in total. The summed E-state index contributed by atoms with van der Waals surface area (Å²) in [4.78, 5) is 25.9. The van der Waals surface area contributed by atoms with Gasteiger partial charge in [-0.05, 0) is 11.1 Å². The molecule has 0 aliphatic carbocycles. The third-order valence-electron chi connectivity index (χ3n) is 4.63. The molecule has 2 fully saturated rings. The van der Waals surface area contributed by atoms with E-state index in [-0.39, 0.29) is 12.6 Å². The van der Waals surface area contributed by atoms with Crippen LogP contribution in [0.1, 0.15) is 23.6 Å². The van der Waals surface area contributed by atoms with Crippen LogP contribution in [0.3, 0.4) is 0 Å². The molecule has 4 rings (SSSR count). The van der Waals surface area contributed by atoms with Gasteiger partial charge in [-0.3, -0.25) is 4.90 Å². The highest BCUT2D eigenvalue weighted by molar-refractivity contribution is 5.78. The van der Waals surface area contributed by atoms with Gasteiger partial charge in [0.2, 0.25) is 0 Å². The van der Waals surface area contributed by atoms with E-state index in [0.717, 1.165) is 11.1 Å². The van der Waals surface area contributed by atoms with Gasteiger partial charge >= 0.3 is 12.1 Å². The molecule has 0 aromatic heterocycles. The minimum Gasteiger partial charge on any atom is -0.447 e. The molecule has 2 aliphatic rings. The number of amides is 1. The molecule has 0 unspecified atom stereocenters. The second-order valence-electron chi connectivity index (χ2n) is 6.32. The smallest absolute Gasteiger partial charge is 0.413 e. The van der Waals surface area contributed by atoms with Crippen molar-refractivity contribution in [1.29, 1.82) is 0 Å². The molecule has 2 aromatic carbocycles. The minimum absolute atomic E-state index is 0.242. The predicted molar refractivity (Wildman–Crippen MR) is 91.9 cm³/mol. The van der Waals surface area contributed by atoms with E-state index >= 15 is 0 Å². The molecule has 0 spiro atoms. The molecule has 2 saturated heterocycles. The van der Waals surface area contributed by atoms with Crippen LogP contribution >= 0.6 is 0 Å². The molecule has 3 atom stereocenters. The van der Waals surface area contributed by atoms with E-state index in [1.807, 2.05) is 60.7 Å². The Morgan fingerprint density at radius 3 is 2.42 bits per heavy atom. The van der Waals surface area contributed by atoms with E-state index < -0.39 is 24.4 Å². The average molecular weight is 353 g/mol. The summed E-state index contributed by atoms with van der Waals surface area (Å²) in [5.41, 5.74) is 1.93. The van der Waals surface area contributed by atoms with E-state index in [4.69, 9.17) is 14.2 Å². The minimum atomic E-state index is -0.690. The zero-order valence-corrected chi connectivity index (χ0v) is 14.1. The summed E-state index contributed by atoms with van der Waals surface area (Å²) in [5, 5.41) is 0. The molecule has 0 saturated carbocycles. The third-order valence-corrected chi connectivity index (χ3v) is 4.63. The molecule has 26 heavy (non-hydrogen) atoms. The summed E-state index contributed by atoms with van der Waals surface area (Å²) in [6.45, 7) is 0.562. The number of carbonyl (C=O) groups excluding carboxylic acids is 2. The van der Waals surface area contributed by atoms with Crippen molar-refractivity contribution in [2.75, 3.05) is 6.61 Å². The predicted octanol–water partition coefficient (Wildman–Crippen LogP) is 3.04. The van der Waals surface area contributed by atoms with E-state index in [1.165, 1.54) is 4.90 Å². The number of carbonyl (C=O) groups is 2. The molecule has 2 aliphatic heterocycles. The van der Waals surface area contributed by atoms with Crippen LogP contribution in [0.2, 0.25) is 0 Å². The molecule has 1 amide bonds. The summed E-state index contributed by atoms with van der Waals surface area (Å²) in [6, 6.07) is 18.9. The number of esters is 1. The summed E-state index contributed by atoms with van der Waals surface area (Å²) in [5.74, 6) is -0.447. The van der Waals surface area contributed by atoms with Gasteiger partial charge in [-0.25, -0.2) is 9.59 Å². The van der Waals surface area contributed by atoms with Crippen molar-refractivity contribution in [3.8, 4) is 0 Å². The van der Waals surface area contributed by atoms with Gasteiger partial charge in [0.1, 0.15) is 6.61 Å². The number of rotatable bonds is 5. The third kappa shape index (κ3) is 3.28. The van der Waals surface area contributed by atoms with Crippen molar-refractivity contribution in [2.24, 2.45) is 0 Å². The molecule has 2 aromatic rings. The van der Waals surface area contributed by atoms with E-state index in [9.17, 15) is 9.59 Å². The fourth-order valence-electron chi connectivity index (χ4n) is 3.30. The van der Waals surface area contributed by atoms with Gasteiger partial charge in [-0.15, -0.1) is 0 Å². The second-order valence-corrected chi connectivity index (χ2v) is 6.32. The molecular formula is C20H19NO5. The van der Waals surface area contributed by atoms with Crippen LogP contribution in [0.25, 0.3) is 0 Å². The Hall–Kier alpha value is -2.86. The lowest BCUT2D eigenvalue weighted by Crippen LogP contribution is -2.38. The quantitative estimate of drug-likeness (QED) is 0.773. The first-order valence-corrected chi connectivity index (χ1v) is 8.58. The maximum Gasteiger partial charge on any atom is 0.413 e. The molecule has 0 bridgehead atoms. The average Bonchev–Trinajstić information content (AvgIpc) is 3.24. The van der Waals surface area contributed by atoms with Crippen LogP contribution in [0.15, 0.2) is 60.7 Å². The summed E-state index contributed by atoms with van der Waals surface area (Å²) in [6.07, 6.45) is -1.54. The van der Waals surface area contributed by atoms with E-state index in [2.05, 4.69) is 0 Å². The Morgan fingerprint density at radius 1 is 1.00 bits per heavy atom. The van der Waals surface area contributed by atoms with Gasteiger partial charge in [0.15, 0.2) is 12.3 Å². The lowest BCUT2D eigenvalue weighted by atomic mass is 10.1. The largest absolute Gasteiger partial charge is 0.447 e. The van der Waals surface area contributed by atoms with Crippen molar-refractivity contribution >= 4 is 12.1 Å². The van der Waals surface area contributed by atoms with Crippen molar-refractivity contribution in [2.45, 2.75) is 31.4 Å². The van der Waals surface area contributed by atoms with Crippen LogP contribution in [-0.2, 0) is 25.6 Å². The highest BCUT2D eigenvalue weighted by Gasteiger charge is 2.47. The first kappa shape index (κ1) is 16.6. The Bertz CT molecular complexity index is 779. The summed E-state index contributed by atoms with van der Waals surface area (Å²) >= 11 is 0. The van der Waals surface area contributed by atoms with Gasteiger partial charge in [0.05, 0.1) is 12.6 Å². The number of cyclic esters (lactones) is 2. The maximum absolute atomic E-state index is 12.2.